The Kier molecular flexibility index (Phi) is 2.67. The minimum atomic E-state index is -0.278. The Morgan fingerprint density at radius 2 is 2.33 bits per heavy atom. The van der Waals surface area contributed by atoms with Crippen LogP contribution in [0, 0.1) is 6.20 Å². The number of fused-ring (bicyclic) bond motifs is 1. The van der Waals surface area contributed by atoms with Gasteiger partial charge in [0.2, 0.25) is 0 Å². The maximum absolute atomic E-state index is 11.3. The molecule has 15 heavy (non-hydrogen) atoms. The molecule has 0 aliphatic carbocycles. The van der Waals surface area contributed by atoms with Gasteiger partial charge in [-0.1, -0.05) is 18.2 Å². The summed E-state index contributed by atoms with van der Waals surface area (Å²) in [5.74, 6) is -0.278. The number of hydrogen-bond acceptors (Lipinski definition) is 3. The molecule has 0 spiro atoms. The second-order valence-corrected chi connectivity index (χ2v) is 3.09. The fourth-order valence-corrected chi connectivity index (χ4v) is 1.41. The molecule has 0 atom stereocenters. The normalized spacial score (nSPS) is 10.5. The van der Waals surface area contributed by atoms with Crippen LogP contribution in [0.2, 0.25) is 0 Å². The van der Waals surface area contributed by atoms with Crippen molar-refractivity contribution in [1.82, 2.24) is 9.78 Å². The van der Waals surface area contributed by atoms with E-state index in [1.807, 2.05) is 24.3 Å². The van der Waals surface area contributed by atoms with Crippen LogP contribution in [0.1, 0.15) is 6.92 Å². The van der Waals surface area contributed by atoms with Crippen LogP contribution in [-0.2, 0) is 16.1 Å². The average Bonchev–Trinajstić information content (AvgIpc) is 2.62. The van der Waals surface area contributed by atoms with E-state index < -0.39 is 0 Å². The summed E-state index contributed by atoms with van der Waals surface area (Å²) in [4.78, 5) is 11.3. The first kappa shape index (κ1) is 9.71. The summed E-state index contributed by atoms with van der Waals surface area (Å²) < 4.78 is 6.44. The highest BCUT2D eigenvalue weighted by Gasteiger charge is 2.07. The van der Waals surface area contributed by atoms with Gasteiger partial charge in [-0.3, -0.25) is 9.48 Å². The molecule has 1 radical (unpaired) electrons. The Morgan fingerprint density at radius 3 is 3.13 bits per heavy atom. The van der Waals surface area contributed by atoms with Gasteiger partial charge < -0.3 is 4.74 Å². The fourth-order valence-electron chi connectivity index (χ4n) is 1.41. The number of nitrogens with zero attached hydrogens (tertiary/aromatic N) is 2. The van der Waals surface area contributed by atoms with Crippen molar-refractivity contribution in [3.8, 4) is 0 Å². The molecule has 4 nitrogen and oxygen atoms in total. The highest BCUT2D eigenvalue weighted by molar-refractivity contribution is 5.79. The number of rotatable bonds is 3. The summed E-state index contributed by atoms with van der Waals surface area (Å²) in [5.41, 5.74) is 0.894. The van der Waals surface area contributed by atoms with Crippen molar-refractivity contribution < 1.29 is 9.53 Å². The summed E-state index contributed by atoms with van der Waals surface area (Å²) in [6.07, 6.45) is 2.84. The minimum Gasteiger partial charge on any atom is -0.465 e. The Balaban J connectivity index is 2.25. The van der Waals surface area contributed by atoms with Gasteiger partial charge in [0.15, 0.2) is 0 Å². The van der Waals surface area contributed by atoms with Crippen LogP contribution < -0.4 is 0 Å². The van der Waals surface area contributed by atoms with E-state index >= 15 is 0 Å². The van der Waals surface area contributed by atoms with Crippen LogP contribution in [0.4, 0.5) is 0 Å². The van der Waals surface area contributed by atoms with Gasteiger partial charge in [0.25, 0.3) is 0 Å². The van der Waals surface area contributed by atoms with Crippen molar-refractivity contribution >= 4 is 16.9 Å². The molecule has 0 aliphatic heterocycles. The molecule has 0 bridgehead atoms. The molecule has 1 heterocycles. The molecule has 0 saturated heterocycles. The molecule has 0 N–H and O–H groups in total. The van der Waals surface area contributed by atoms with E-state index in [2.05, 4.69) is 11.3 Å². The van der Waals surface area contributed by atoms with Gasteiger partial charge in [-0.2, -0.15) is 5.10 Å². The second-order valence-electron chi connectivity index (χ2n) is 3.09. The van der Waals surface area contributed by atoms with Crippen LogP contribution in [-0.4, -0.2) is 22.4 Å². The van der Waals surface area contributed by atoms with Crippen molar-refractivity contribution in [2.75, 3.05) is 6.61 Å². The predicted octanol–water partition coefficient (Wildman–Crippen LogP) is 1.40. The molecule has 1 aromatic heterocycles. The van der Waals surface area contributed by atoms with Gasteiger partial charge in [0, 0.05) is 5.39 Å². The van der Waals surface area contributed by atoms with Gasteiger partial charge in [0.05, 0.1) is 12.1 Å². The van der Waals surface area contributed by atoms with Gasteiger partial charge in [-0.05, 0) is 13.0 Å². The van der Waals surface area contributed by atoms with Crippen LogP contribution in [0.5, 0.6) is 0 Å². The van der Waals surface area contributed by atoms with Crippen molar-refractivity contribution in [3.05, 3.63) is 30.5 Å². The van der Waals surface area contributed by atoms with E-state index in [-0.39, 0.29) is 12.5 Å². The van der Waals surface area contributed by atoms with E-state index in [0.29, 0.717) is 6.61 Å². The van der Waals surface area contributed by atoms with Crippen molar-refractivity contribution in [3.63, 3.8) is 0 Å². The summed E-state index contributed by atoms with van der Waals surface area (Å²) in [6, 6.07) is 7.62. The predicted molar refractivity (Wildman–Crippen MR) is 55.2 cm³/mol. The number of aromatic nitrogens is 2. The lowest BCUT2D eigenvalue weighted by molar-refractivity contribution is -0.143. The molecule has 1 aromatic carbocycles. The van der Waals surface area contributed by atoms with E-state index in [4.69, 9.17) is 4.74 Å². The SMILES string of the molecule is CCOC(=O)Cn1n[c]c2ccccc21. The van der Waals surface area contributed by atoms with Crippen LogP contribution in [0.25, 0.3) is 10.9 Å². The Morgan fingerprint density at radius 1 is 1.53 bits per heavy atom. The molecule has 0 unspecified atom stereocenters. The first-order chi connectivity index (χ1) is 7.31. The largest absolute Gasteiger partial charge is 0.465 e. The number of carbonyl (C=O) groups is 1. The van der Waals surface area contributed by atoms with Gasteiger partial charge in [0.1, 0.15) is 12.7 Å². The number of esters is 1. The monoisotopic (exact) mass is 203 g/mol. The summed E-state index contributed by atoms with van der Waals surface area (Å²) in [5, 5.41) is 4.91. The third-order valence-corrected chi connectivity index (χ3v) is 2.06. The highest BCUT2D eigenvalue weighted by atomic mass is 16.5. The first-order valence-electron chi connectivity index (χ1n) is 4.80. The fraction of sp³-hybridized carbons (Fsp3) is 0.273. The Labute approximate surface area is 87.5 Å². The number of hydrogen-bond donors (Lipinski definition) is 0. The maximum Gasteiger partial charge on any atom is 0.327 e. The topological polar surface area (TPSA) is 44.1 Å². The lowest BCUT2D eigenvalue weighted by Crippen LogP contribution is -2.14. The Hall–Kier alpha value is -1.84. The molecule has 4 heteroatoms. The van der Waals surface area contributed by atoms with Crippen molar-refractivity contribution in [2.24, 2.45) is 0 Å². The molecule has 0 saturated carbocycles. The summed E-state index contributed by atoms with van der Waals surface area (Å²) in [6.45, 7) is 2.31. The zero-order valence-corrected chi connectivity index (χ0v) is 8.43. The number of carbonyl (C=O) groups excluding carboxylic acids is 1. The maximum atomic E-state index is 11.3. The van der Waals surface area contributed by atoms with E-state index in [9.17, 15) is 4.79 Å². The third-order valence-electron chi connectivity index (χ3n) is 2.06. The molecule has 0 aliphatic rings. The number of benzene rings is 1. The lowest BCUT2D eigenvalue weighted by Gasteiger charge is -2.02. The van der Waals surface area contributed by atoms with Gasteiger partial charge >= 0.3 is 5.97 Å². The zero-order chi connectivity index (χ0) is 10.7. The molecule has 77 valence electrons. The van der Waals surface area contributed by atoms with Crippen LogP contribution >= 0.6 is 0 Å². The standard InChI is InChI=1S/C11H11N2O2/c1-2-15-11(14)8-13-10-6-4-3-5-9(10)7-12-13/h3-6H,2,8H2,1H3. The molecule has 0 fully saturated rings. The molecule has 2 rings (SSSR count). The highest BCUT2D eigenvalue weighted by Crippen LogP contribution is 2.11. The van der Waals surface area contributed by atoms with E-state index in [1.165, 1.54) is 0 Å². The van der Waals surface area contributed by atoms with Crippen molar-refractivity contribution in [2.45, 2.75) is 13.5 Å². The minimum absolute atomic E-state index is 0.137. The summed E-state index contributed by atoms with van der Waals surface area (Å²) in [7, 11) is 0. The average molecular weight is 203 g/mol. The van der Waals surface area contributed by atoms with Crippen molar-refractivity contribution in [1.29, 1.82) is 0 Å². The Bertz CT molecular complexity index is 476. The lowest BCUT2D eigenvalue weighted by atomic mass is 10.3. The van der Waals surface area contributed by atoms with Gasteiger partial charge in [-0.25, -0.2) is 0 Å². The van der Waals surface area contributed by atoms with Gasteiger partial charge in [-0.15, -0.1) is 0 Å². The molecular formula is C11H11N2O2. The zero-order valence-electron chi connectivity index (χ0n) is 8.43. The van der Waals surface area contributed by atoms with E-state index in [1.54, 1.807) is 11.6 Å². The molecular weight excluding hydrogens is 192 g/mol. The number of para-hydroxylation sites is 1. The van der Waals surface area contributed by atoms with Crippen LogP contribution in [0.15, 0.2) is 24.3 Å². The quantitative estimate of drug-likeness (QED) is 0.708. The smallest absolute Gasteiger partial charge is 0.327 e. The number of ether oxygens (including phenoxy) is 1. The van der Waals surface area contributed by atoms with E-state index in [0.717, 1.165) is 10.9 Å². The van der Waals surface area contributed by atoms with Crippen LogP contribution in [0.3, 0.4) is 0 Å². The third kappa shape index (κ3) is 1.98. The molecule has 2 aromatic rings. The second kappa shape index (κ2) is 4.13. The molecule has 0 amide bonds. The first-order valence-corrected chi connectivity index (χ1v) is 4.80. The summed E-state index contributed by atoms with van der Waals surface area (Å²) >= 11 is 0.